The van der Waals surface area contributed by atoms with Crippen molar-refractivity contribution in [1.82, 2.24) is 5.32 Å². The molecule has 1 unspecified atom stereocenters. The Hall–Kier alpha value is -3.31. The van der Waals surface area contributed by atoms with Crippen molar-refractivity contribution in [3.63, 3.8) is 0 Å². The van der Waals surface area contributed by atoms with Crippen LogP contribution in [0.5, 0.6) is 5.75 Å². The summed E-state index contributed by atoms with van der Waals surface area (Å²) < 4.78 is 5.33. The van der Waals surface area contributed by atoms with Gasteiger partial charge in [0.25, 0.3) is 5.91 Å². The lowest BCUT2D eigenvalue weighted by Gasteiger charge is -2.20. The number of halogens is 1. The number of methoxy groups -OCH3 is 1. The quantitative estimate of drug-likeness (QED) is 0.552. The molecule has 2 amide bonds. The molecule has 0 saturated heterocycles. The van der Waals surface area contributed by atoms with E-state index in [9.17, 15) is 9.59 Å². The maximum atomic E-state index is 12.8. The highest BCUT2D eigenvalue weighted by atomic mass is 35.5. The van der Waals surface area contributed by atoms with Crippen LogP contribution >= 0.6 is 11.6 Å². The highest BCUT2D eigenvalue weighted by Crippen LogP contribution is 2.31. The zero-order valence-corrected chi connectivity index (χ0v) is 17.6. The highest BCUT2D eigenvalue weighted by Gasteiger charge is 2.20. The Balaban J connectivity index is 1.79. The lowest BCUT2D eigenvalue weighted by molar-refractivity contribution is -0.116. The number of amides is 2. The van der Waals surface area contributed by atoms with Crippen molar-refractivity contribution < 1.29 is 14.3 Å². The molecule has 3 rings (SSSR count). The zero-order chi connectivity index (χ0) is 21.5. The molecular formula is C24H23ClN2O3. The number of carbonyl (C=O) groups excluding carboxylic acids is 2. The van der Waals surface area contributed by atoms with E-state index in [1.54, 1.807) is 36.4 Å². The van der Waals surface area contributed by atoms with Crippen LogP contribution in [0.15, 0.2) is 72.8 Å². The smallest absolute Gasteiger partial charge is 0.251 e. The van der Waals surface area contributed by atoms with E-state index in [1.165, 1.54) is 7.11 Å². The van der Waals surface area contributed by atoms with Gasteiger partial charge in [0.1, 0.15) is 5.75 Å². The molecule has 2 N–H and O–H groups in total. The molecule has 0 aliphatic heterocycles. The summed E-state index contributed by atoms with van der Waals surface area (Å²) in [7, 11) is 1.52. The summed E-state index contributed by atoms with van der Waals surface area (Å²) in [4.78, 5) is 25.5. The summed E-state index contributed by atoms with van der Waals surface area (Å²) in [5, 5.41) is 6.39. The Bertz CT molecular complexity index is 1020. The van der Waals surface area contributed by atoms with Gasteiger partial charge >= 0.3 is 0 Å². The average Bonchev–Trinajstić information content (AvgIpc) is 2.76. The molecular weight excluding hydrogens is 400 g/mol. The zero-order valence-electron chi connectivity index (χ0n) is 16.8. The van der Waals surface area contributed by atoms with Gasteiger partial charge in [-0.2, -0.15) is 0 Å². The van der Waals surface area contributed by atoms with Gasteiger partial charge in [-0.05, 0) is 36.2 Å². The Kier molecular flexibility index (Phi) is 7.09. The third kappa shape index (κ3) is 5.39. The van der Waals surface area contributed by atoms with Crippen molar-refractivity contribution in [2.75, 3.05) is 12.4 Å². The van der Waals surface area contributed by atoms with Crippen LogP contribution in [0.2, 0.25) is 5.02 Å². The fourth-order valence-electron chi connectivity index (χ4n) is 3.09. The van der Waals surface area contributed by atoms with Gasteiger partial charge in [-0.1, -0.05) is 60.1 Å². The van der Waals surface area contributed by atoms with Gasteiger partial charge in [-0.25, -0.2) is 0 Å². The first kappa shape index (κ1) is 21.4. The fourth-order valence-corrected chi connectivity index (χ4v) is 3.24. The molecule has 30 heavy (non-hydrogen) atoms. The van der Waals surface area contributed by atoms with Gasteiger partial charge in [0.15, 0.2) is 0 Å². The SMILES string of the molecule is COc1cc(Cl)c(C)cc1NC(=O)CC(NC(=O)c1ccccc1)c1ccccc1. The van der Waals surface area contributed by atoms with E-state index < -0.39 is 6.04 Å². The Morgan fingerprint density at radius 2 is 1.63 bits per heavy atom. The molecule has 0 heterocycles. The van der Waals surface area contributed by atoms with Gasteiger partial charge in [0.2, 0.25) is 5.91 Å². The van der Waals surface area contributed by atoms with E-state index >= 15 is 0 Å². The number of hydrogen-bond donors (Lipinski definition) is 2. The van der Waals surface area contributed by atoms with Crippen molar-refractivity contribution in [2.45, 2.75) is 19.4 Å². The van der Waals surface area contributed by atoms with Crippen molar-refractivity contribution in [1.29, 1.82) is 0 Å². The molecule has 0 bridgehead atoms. The first-order valence-corrected chi connectivity index (χ1v) is 9.90. The van der Waals surface area contributed by atoms with E-state index in [4.69, 9.17) is 16.3 Å². The summed E-state index contributed by atoms with van der Waals surface area (Å²) in [5.74, 6) is -0.0158. The third-order valence-electron chi connectivity index (χ3n) is 4.69. The van der Waals surface area contributed by atoms with E-state index in [0.717, 1.165) is 11.1 Å². The second-order valence-electron chi connectivity index (χ2n) is 6.86. The summed E-state index contributed by atoms with van der Waals surface area (Å²) in [5.41, 5.74) is 2.74. The molecule has 0 fully saturated rings. The molecule has 3 aromatic rings. The van der Waals surface area contributed by atoms with Crippen LogP contribution in [0.3, 0.4) is 0 Å². The number of nitrogens with one attached hydrogen (secondary N) is 2. The maximum Gasteiger partial charge on any atom is 0.251 e. The Morgan fingerprint density at radius 1 is 1.00 bits per heavy atom. The molecule has 6 heteroatoms. The van der Waals surface area contributed by atoms with E-state index in [2.05, 4.69) is 10.6 Å². The predicted octanol–water partition coefficient (Wildman–Crippen LogP) is 5.16. The van der Waals surface area contributed by atoms with Crippen molar-refractivity contribution in [3.05, 3.63) is 94.5 Å². The standard InChI is InChI=1S/C24H23ClN2O3/c1-16-13-21(22(30-2)14-19(16)25)26-23(28)15-20(17-9-5-3-6-10-17)27-24(29)18-11-7-4-8-12-18/h3-14,20H,15H2,1-2H3,(H,26,28)(H,27,29). The van der Waals surface area contributed by atoms with Crippen LogP contribution in [-0.2, 0) is 4.79 Å². The summed E-state index contributed by atoms with van der Waals surface area (Å²) in [6, 6.07) is 21.3. The third-order valence-corrected chi connectivity index (χ3v) is 5.09. The van der Waals surface area contributed by atoms with Gasteiger partial charge in [0, 0.05) is 16.7 Å². The number of ether oxygens (including phenoxy) is 1. The van der Waals surface area contributed by atoms with E-state index in [0.29, 0.717) is 22.0 Å². The van der Waals surface area contributed by atoms with E-state index in [-0.39, 0.29) is 18.2 Å². The van der Waals surface area contributed by atoms with Gasteiger partial charge in [-0.3, -0.25) is 9.59 Å². The fraction of sp³-hybridized carbons (Fsp3) is 0.167. The Labute approximate surface area is 181 Å². The Morgan fingerprint density at radius 3 is 2.27 bits per heavy atom. The largest absolute Gasteiger partial charge is 0.495 e. The minimum atomic E-state index is -0.488. The van der Waals surface area contributed by atoms with Gasteiger partial charge < -0.3 is 15.4 Å². The summed E-state index contributed by atoms with van der Waals surface area (Å²) in [6.45, 7) is 1.85. The van der Waals surface area contributed by atoms with Crippen LogP contribution in [0, 0.1) is 6.92 Å². The monoisotopic (exact) mass is 422 g/mol. The molecule has 0 spiro atoms. The average molecular weight is 423 g/mol. The molecule has 3 aromatic carbocycles. The van der Waals surface area contributed by atoms with Crippen molar-refractivity contribution in [3.8, 4) is 5.75 Å². The normalized spacial score (nSPS) is 11.4. The lowest BCUT2D eigenvalue weighted by atomic mass is 10.0. The van der Waals surface area contributed by atoms with Crippen molar-refractivity contribution >= 4 is 29.1 Å². The maximum absolute atomic E-state index is 12.8. The molecule has 0 aromatic heterocycles. The summed E-state index contributed by atoms with van der Waals surface area (Å²) in [6.07, 6.45) is 0.0629. The number of anilines is 1. The molecule has 1 atom stereocenters. The molecule has 0 aliphatic rings. The molecule has 0 aliphatic carbocycles. The second kappa shape index (κ2) is 9.94. The van der Waals surface area contributed by atoms with Crippen LogP contribution in [0.4, 0.5) is 5.69 Å². The number of benzene rings is 3. The predicted molar refractivity (Wildman–Crippen MR) is 119 cm³/mol. The topological polar surface area (TPSA) is 67.4 Å². The van der Waals surface area contributed by atoms with Crippen molar-refractivity contribution in [2.24, 2.45) is 0 Å². The molecule has 0 saturated carbocycles. The minimum absolute atomic E-state index is 0.0629. The number of aryl methyl sites for hydroxylation is 1. The van der Waals surface area contributed by atoms with Crippen LogP contribution in [0.25, 0.3) is 0 Å². The molecule has 0 radical (unpaired) electrons. The lowest BCUT2D eigenvalue weighted by Crippen LogP contribution is -2.31. The molecule has 5 nitrogen and oxygen atoms in total. The number of carbonyl (C=O) groups is 2. The van der Waals surface area contributed by atoms with E-state index in [1.807, 2.05) is 43.3 Å². The van der Waals surface area contributed by atoms with Crippen LogP contribution < -0.4 is 15.4 Å². The minimum Gasteiger partial charge on any atom is -0.495 e. The van der Waals surface area contributed by atoms with Gasteiger partial charge in [-0.15, -0.1) is 0 Å². The van der Waals surface area contributed by atoms with Crippen LogP contribution in [0.1, 0.15) is 33.9 Å². The molecule has 154 valence electrons. The van der Waals surface area contributed by atoms with Gasteiger partial charge in [0.05, 0.1) is 25.3 Å². The second-order valence-corrected chi connectivity index (χ2v) is 7.26. The number of hydrogen-bond acceptors (Lipinski definition) is 3. The van der Waals surface area contributed by atoms with Crippen LogP contribution in [-0.4, -0.2) is 18.9 Å². The highest BCUT2D eigenvalue weighted by molar-refractivity contribution is 6.31. The number of rotatable bonds is 7. The first-order chi connectivity index (χ1) is 14.5. The summed E-state index contributed by atoms with van der Waals surface area (Å²) >= 11 is 6.14. The first-order valence-electron chi connectivity index (χ1n) is 9.52.